The average molecular weight is 1800 g/mol. The van der Waals surface area contributed by atoms with Crippen LogP contribution in [0.15, 0.2) is 222 Å². The van der Waals surface area contributed by atoms with E-state index in [1.54, 1.807) is 129 Å². The first-order valence-electron chi connectivity index (χ1n) is 37.8. The zero-order valence-electron chi connectivity index (χ0n) is 66.6. The number of aliphatic hydroxyl groups excluding tert-OH is 1. The zero-order valence-corrected chi connectivity index (χ0v) is 71.0. The Balaban J connectivity index is 0.000000247. The molecule has 0 spiro atoms. The minimum Gasteiger partial charge on any atom is -0.465 e. The number of rotatable bonds is 24. The summed E-state index contributed by atoms with van der Waals surface area (Å²) >= 11 is 1.27. The van der Waals surface area contributed by atoms with Gasteiger partial charge in [0.2, 0.25) is 0 Å². The molecule has 622 valence electrons. The molecule has 9 aromatic carbocycles. The van der Waals surface area contributed by atoms with Crippen molar-refractivity contribution in [3.8, 4) is 33.8 Å². The number of ether oxygens (including phenoxy) is 3. The zero-order chi connectivity index (χ0) is 85.6. The standard InChI is InChI=1S/C25H20F3N3O2.C25H18F3N3O2.C23H15BrF3N3O2.3C4H9.C2H6.C2H3.CH4O.CH4.Sn/c2*1-3-15-12-18(25(26,27)28)14-19(13-15)29-23-21-7-5-4-6-20(21)22(30-31-23)16-8-10-17(11-9-16)24(32)33-2;1-32-22(31)14-8-6-13(7-9-14)20-18-4-2-3-5-19(18)21(30-29-20)28-17-11-15(23(25,26)27)10-16(24)12-17;3*1-3-4-2;3*1-2;;/h4-14H,3H2,1-2H3,(H,29,31);3-14H,1H2,2H3,(H,29,31);2-12H,1H3,(H,28,30);3*1,3-4H2,2H3;1-2H3;1H,2H2;2H,1H3;1H4;. The number of carbonyl (C=O) groups excluding carboxylic acids is 3. The Morgan fingerprint density at radius 1 is 0.424 bits per heavy atom. The predicted octanol–water partition coefficient (Wildman–Crippen LogP) is 26.3. The molecule has 27 heteroatoms. The maximum atomic E-state index is 13.3. The van der Waals surface area contributed by atoms with E-state index in [1.165, 1.54) is 72.0 Å². The third-order valence-electron chi connectivity index (χ3n) is 18.6. The number of unbranched alkanes of at least 4 members (excludes halogenated alkanes) is 3. The van der Waals surface area contributed by atoms with E-state index in [4.69, 9.17) is 19.3 Å². The van der Waals surface area contributed by atoms with Crippen LogP contribution in [0.4, 0.5) is 74.0 Å². The number of aryl methyl sites for hydroxylation is 1. The molecule has 16 nitrogen and oxygen atoms in total. The van der Waals surface area contributed by atoms with Crippen molar-refractivity contribution in [1.29, 1.82) is 0 Å². The van der Waals surface area contributed by atoms with Crippen LogP contribution < -0.4 is 16.0 Å². The molecule has 0 atom stereocenters. The number of benzene rings is 9. The Morgan fingerprint density at radius 2 is 0.720 bits per heavy atom. The van der Waals surface area contributed by atoms with Crippen molar-refractivity contribution < 1.29 is 73.2 Å². The van der Waals surface area contributed by atoms with Crippen LogP contribution in [0.1, 0.15) is 146 Å². The van der Waals surface area contributed by atoms with Crippen molar-refractivity contribution in [3.05, 3.63) is 266 Å². The summed E-state index contributed by atoms with van der Waals surface area (Å²) in [5.41, 5.74) is 4.48. The molecule has 12 aromatic rings. The number of carbonyl (C=O) groups is 3. The summed E-state index contributed by atoms with van der Waals surface area (Å²) in [4.78, 5) is 35.1. The third-order valence-corrected chi connectivity index (χ3v) is 33.1. The summed E-state index contributed by atoms with van der Waals surface area (Å²) in [6, 6.07) is 53.2. The number of aromatic nitrogens is 6. The maximum Gasteiger partial charge on any atom is 0.416 e. The molecule has 0 bridgehead atoms. The van der Waals surface area contributed by atoms with Crippen molar-refractivity contribution in [2.24, 2.45) is 0 Å². The fraction of sp³-hybridized carbons (Fsp3) is 0.264. The molecule has 4 N–H and O–H groups in total. The van der Waals surface area contributed by atoms with Crippen LogP contribution in [-0.2, 0) is 39.2 Å². The van der Waals surface area contributed by atoms with Gasteiger partial charge in [-0.05, 0) is 109 Å². The van der Waals surface area contributed by atoms with Gasteiger partial charge >= 0.3 is 138 Å². The number of aliphatic hydroxyl groups is 1. The van der Waals surface area contributed by atoms with Crippen LogP contribution in [0, 0.1) is 0 Å². The van der Waals surface area contributed by atoms with E-state index in [0.717, 1.165) is 76.4 Å². The van der Waals surface area contributed by atoms with Gasteiger partial charge in [0.05, 0.1) is 54.7 Å². The smallest absolute Gasteiger partial charge is 0.416 e. The van der Waals surface area contributed by atoms with Gasteiger partial charge in [-0.3, -0.25) is 0 Å². The number of methoxy groups -OCH3 is 3. The second-order valence-corrected chi connectivity index (χ2v) is 40.5. The number of hydrogen-bond acceptors (Lipinski definition) is 16. The molecule has 3 heterocycles. The van der Waals surface area contributed by atoms with Gasteiger partial charge in [-0.2, -0.15) is 39.5 Å². The van der Waals surface area contributed by atoms with E-state index in [0.29, 0.717) is 84.9 Å². The van der Waals surface area contributed by atoms with Gasteiger partial charge in [-0.25, -0.2) is 14.4 Å². The molecule has 12 rings (SSSR count). The molecule has 0 aliphatic rings. The Kier molecular flexibility index (Phi) is 37.0. The normalized spacial score (nSPS) is 11.0. The van der Waals surface area contributed by atoms with E-state index < -0.39 is 71.5 Å². The average Bonchev–Trinajstić information content (AvgIpc) is 0.845. The van der Waals surface area contributed by atoms with Crippen molar-refractivity contribution in [2.75, 3.05) is 44.4 Å². The number of fused-ring (bicyclic) bond motifs is 3. The minimum atomic E-state index is -4.50. The first kappa shape index (κ1) is 95.7. The quantitative estimate of drug-likeness (QED) is 0.0192. The van der Waals surface area contributed by atoms with Gasteiger partial charge in [0.25, 0.3) is 0 Å². The van der Waals surface area contributed by atoms with E-state index >= 15 is 0 Å². The summed E-state index contributed by atoms with van der Waals surface area (Å²) in [5.74, 6) is -0.348. The molecule has 3 aromatic heterocycles. The van der Waals surface area contributed by atoms with Gasteiger partial charge in [0, 0.05) is 77.7 Å². The fourth-order valence-corrected chi connectivity index (χ4v) is 26.0. The molecular weight excluding hydrogens is 1700 g/mol. The van der Waals surface area contributed by atoms with Crippen molar-refractivity contribution in [1.82, 2.24) is 30.6 Å². The third kappa shape index (κ3) is 25.9. The number of alkyl halides is 9. The number of nitrogens with zero attached hydrogens (tertiary/aromatic N) is 6. The van der Waals surface area contributed by atoms with Crippen molar-refractivity contribution >= 4 is 125 Å². The summed E-state index contributed by atoms with van der Waals surface area (Å²) < 4.78 is 141. The number of nitrogens with one attached hydrogen (secondary N) is 3. The Labute approximate surface area is 694 Å². The largest absolute Gasteiger partial charge is 0.465 e. The minimum absolute atomic E-state index is 0. The predicted molar refractivity (Wildman–Crippen MR) is 462 cm³/mol. The monoisotopic (exact) mass is 1800 g/mol. The second-order valence-electron chi connectivity index (χ2n) is 26.3. The van der Waals surface area contributed by atoms with Crippen LogP contribution in [0.2, 0.25) is 13.3 Å². The summed E-state index contributed by atoms with van der Waals surface area (Å²) in [7, 11) is 4.93. The molecule has 0 aliphatic carbocycles. The maximum absolute atomic E-state index is 13.3. The van der Waals surface area contributed by atoms with Gasteiger partial charge in [-0.1, -0.05) is 166 Å². The van der Waals surface area contributed by atoms with Crippen LogP contribution in [0.5, 0.6) is 0 Å². The van der Waals surface area contributed by atoms with Gasteiger partial charge in [0.1, 0.15) is 17.1 Å². The van der Waals surface area contributed by atoms with Gasteiger partial charge < -0.3 is 35.3 Å². The summed E-state index contributed by atoms with van der Waals surface area (Å²) in [5, 5.41) is 45.9. The number of hydrogen-bond donors (Lipinski definition) is 4. The van der Waals surface area contributed by atoms with E-state index in [1.807, 2.05) is 62.4 Å². The molecule has 0 saturated heterocycles. The topological polar surface area (TPSA) is 213 Å². The van der Waals surface area contributed by atoms with Crippen LogP contribution in [0.3, 0.4) is 0 Å². The van der Waals surface area contributed by atoms with E-state index in [9.17, 15) is 53.9 Å². The molecule has 0 fully saturated rings. The SMILES string of the molecule is C.C=Cc1cc(Nc2nnc(-c3ccc(C(=O)OC)cc3)c3ccccc23)cc(C(F)(F)F)c1.C=[CH][Sn]([CH2]CCC)([CH2]CCC)[CH2]CCC.CC.CCc1cc(Nc2nnc(-c3ccc(C(=O)OC)cc3)c3ccccc23)cc(C(F)(F)F)c1.CO.COC(=O)c1ccc(-c2nnc(Nc3cc(Br)cc(C(F)(F)F)c3)c3ccccc23)cc1. The molecule has 0 saturated carbocycles. The number of halogens is 10. The van der Waals surface area contributed by atoms with Crippen LogP contribution >= 0.6 is 15.9 Å². The molecular formula is C91H97BrF9N9O7Sn. The number of anilines is 6. The van der Waals surface area contributed by atoms with Gasteiger partial charge in [0.15, 0.2) is 17.5 Å². The van der Waals surface area contributed by atoms with Crippen LogP contribution in [0.25, 0.3) is 72.2 Å². The molecule has 0 amide bonds. The molecule has 0 unspecified atom stereocenters. The Morgan fingerprint density at radius 3 is 1.01 bits per heavy atom. The number of esters is 3. The fourth-order valence-electron chi connectivity index (χ4n) is 12.5. The summed E-state index contributed by atoms with van der Waals surface area (Å²) in [6.07, 6.45) is -3.15. The van der Waals surface area contributed by atoms with Crippen molar-refractivity contribution in [3.63, 3.8) is 0 Å². The Bertz CT molecular complexity index is 5310. The van der Waals surface area contributed by atoms with E-state index in [-0.39, 0.29) is 29.0 Å². The Hall–Kier alpha value is -11.1. The first-order valence-corrected chi connectivity index (χ1v) is 46.3. The summed E-state index contributed by atoms with van der Waals surface area (Å²) in [6.45, 7) is 20.5. The molecule has 118 heavy (non-hydrogen) atoms. The first-order chi connectivity index (χ1) is 56.1. The van der Waals surface area contributed by atoms with Crippen molar-refractivity contribution in [2.45, 2.75) is 126 Å². The molecule has 0 aliphatic heterocycles. The second kappa shape index (κ2) is 45.6. The van der Waals surface area contributed by atoms with Crippen LogP contribution in [-0.4, -0.2) is 100 Å². The molecule has 0 radical (unpaired) electrons. The van der Waals surface area contributed by atoms with E-state index in [2.05, 4.69) is 100 Å². The van der Waals surface area contributed by atoms with Gasteiger partial charge in [-0.15, -0.1) is 30.6 Å².